The van der Waals surface area contributed by atoms with Gasteiger partial charge in [0.1, 0.15) is 29.6 Å². The minimum atomic E-state index is -1.05. The number of benzene rings is 1. The number of aromatic nitrogens is 3. The van der Waals surface area contributed by atoms with Gasteiger partial charge < -0.3 is 19.1 Å². The first-order valence-corrected chi connectivity index (χ1v) is 12.1. The summed E-state index contributed by atoms with van der Waals surface area (Å²) in [6.45, 7) is 2.24. The molecule has 36 heavy (non-hydrogen) atoms. The Labute approximate surface area is 211 Å². The molecule has 9 heteroatoms. The Morgan fingerprint density at radius 2 is 2.00 bits per heavy atom. The number of pyridine rings is 2. The number of aromatic carboxylic acids is 1. The smallest absolute Gasteiger partial charge is 0.337 e. The molecule has 8 nitrogen and oxygen atoms in total. The average Bonchev–Trinajstić information content (AvgIpc) is 3.65. The maximum atomic E-state index is 11.3. The number of carboxylic acids is 1. The van der Waals surface area contributed by atoms with Crippen LogP contribution >= 0.6 is 11.6 Å². The van der Waals surface area contributed by atoms with Crippen molar-refractivity contribution in [3.63, 3.8) is 0 Å². The van der Waals surface area contributed by atoms with E-state index in [0.717, 1.165) is 41.0 Å². The van der Waals surface area contributed by atoms with E-state index in [1.54, 1.807) is 12.1 Å². The number of halogens is 1. The first-order chi connectivity index (χ1) is 17.5. The predicted molar refractivity (Wildman–Crippen MR) is 131 cm³/mol. The van der Waals surface area contributed by atoms with Gasteiger partial charge >= 0.3 is 5.97 Å². The summed E-state index contributed by atoms with van der Waals surface area (Å²) in [5.41, 5.74) is 4.95. The number of carbonyl (C=O) groups is 1. The summed E-state index contributed by atoms with van der Waals surface area (Å²) in [7, 11) is 0. The van der Waals surface area contributed by atoms with E-state index in [1.165, 1.54) is 12.3 Å². The van der Waals surface area contributed by atoms with Gasteiger partial charge in [-0.2, -0.15) is 0 Å². The minimum absolute atomic E-state index is 0.0786. The maximum absolute atomic E-state index is 11.3. The van der Waals surface area contributed by atoms with Crippen molar-refractivity contribution < 1.29 is 23.9 Å². The number of nitrogens with zero attached hydrogens (tertiary/aromatic N) is 3. The third-order valence-electron chi connectivity index (χ3n) is 6.49. The van der Waals surface area contributed by atoms with Gasteiger partial charge in [0.05, 0.1) is 27.5 Å². The summed E-state index contributed by atoms with van der Waals surface area (Å²) >= 11 is 6.53. The van der Waals surface area contributed by atoms with E-state index in [1.807, 2.05) is 25.1 Å². The Hall–Kier alpha value is -3.91. The highest BCUT2D eigenvalue weighted by molar-refractivity contribution is 6.33. The highest BCUT2D eigenvalue weighted by atomic mass is 35.5. The molecule has 1 saturated carbocycles. The zero-order chi connectivity index (χ0) is 24.8. The Morgan fingerprint density at radius 3 is 2.78 bits per heavy atom. The number of ether oxygens (including phenoxy) is 2. The van der Waals surface area contributed by atoms with E-state index in [4.69, 9.17) is 25.6 Å². The van der Waals surface area contributed by atoms with Crippen LogP contribution in [0.1, 0.15) is 57.4 Å². The monoisotopic (exact) mass is 503 g/mol. The van der Waals surface area contributed by atoms with Crippen LogP contribution in [0.15, 0.2) is 47.1 Å². The van der Waals surface area contributed by atoms with Crippen molar-refractivity contribution in [2.24, 2.45) is 0 Å². The van der Waals surface area contributed by atoms with Gasteiger partial charge in [0.25, 0.3) is 0 Å². The van der Waals surface area contributed by atoms with Crippen molar-refractivity contribution in [1.29, 1.82) is 0 Å². The molecule has 0 saturated heterocycles. The molecule has 0 radical (unpaired) electrons. The molecular formula is C27H22ClN3O5. The van der Waals surface area contributed by atoms with Crippen molar-refractivity contribution in [2.45, 2.75) is 45.1 Å². The van der Waals surface area contributed by atoms with E-state index in [-0.39, 0.29) is 12.2 Å². The molecule has 0 spiro atoms. The van der Waals surface area contributed by atoms with Gasteiger partial charge in [-0.25, -0.2) is 9.78 Å². The lowest BCUT2D eigenvalue weighted by molar-refractivity contribution is 0.0696. The molecule has 6 rings (SSSR count). The lowest BCUT2D eigenvalue weighted by Crippen LogP contribution is -2.03. The molecule has 2 aliphatic rings. The van der Waals surface area contributed by atoms with Gasteiger partial charge in [0.15, 0.2) is 0 Å². The molecule has 1 aliphatic carbocycles. The predicted octanol–water partition coefficient (Wildman–Crippen LogP) is 6.14. The highest BCUT2D eigenvalue weighted by Gasteiger charge is 2.33. The summed E-state index contributed by atoms with van der Waals surface area (Å²) in [6, 6.07) is 10.8. The molecule has 0 unspecified atom stereocenters. The number of carboxylic acid groups (broad SMARTS) is 1. The molecule has 4 heterocycles. The largest absolute Gasteiger partial charge is 0.478 e. The van der Waals surface area contributed by atoms with Crippen LogP contribution < -0.4 is 9.47 Å². The van der Waals surface area contributed by atoms with Crippen molar-refractivity contribution in [2.75, 3.05) is 0 Å². The first kappa shape index (κ1) is 22.5. The standard InChI is InChI=1S/C27H22ClN3O5/c1-14-3-2-4-18(28)24(14)25-17(26(36-31-25)15-5-6-15)13-34-23-10-9-21-20(30-23)8-7-19-22(35-21)11-16(12-29-19)27(32)33/h2-4,9-12,15H,5-8,13H2,1H3,(H,32,33). The van der Waals surface area contributed by atoms with Gasteiger partial charge in [0, 0.05) is 23.7 Å². The second-order valence-electron chi connectivity index (χ2n) is 9.04. The molecule has 1 aromatic carbocycles. The number of hydrogen-bond donors (Lipinski definition) is 1. The van der Waals surface area contributed by atoms with E-state index in [2.05, 4.69) is 15.1 Å². The van der Waals surface area contributed by atoms with Gasteiger partial charge in [-0.1, -0.05) is 28.9 Å². The molecule has 0 atom stereocenters. The maximum Gasteiger partial charge on any atom is 0.337 e. The Balaban J connectivity index is 1.27. The SMILES string of the molecule is Cc1cccc(Cl)c1-c1noc(C2CC2)c1COc1ccc2c(n1)CCc1ncc(C(=O)O)cc1O2. The second kappa shape index (κ2) is 8.95. The lowest BCUT2D eigenvalue weighted by atomic mass is 10.0. The quantitative estimate of drug-likeness (QED) is 0.334. The van der Waals surface area contributed by atoms with Gasteiger partial charge in [-0.3, -0.25) is 4.98 Å². The number of rotatable bonds is 6. The van der Waals surface area contributed by atoms with Crippen molar-refractivity contribution in [3.8, 4) is 28.6 Å². The fourth-order valence-electron chi connectivity index (χ4n) is 4.44. The number of fused-ring (bicyclic) bond motifs is 2. The van der Waals surface area contributed by atoms with E-state index >= 15 is 0 Å². The topological polar surface area (TPSA) is 108 Å². The van der Waals surface area contributed by atoms with Crippen LogP contribution in [-0.2, 0) is 19.4 Å². The minimum Gasteiger partial charge on any atom is -0.478 e. The Bertz CT molecular complexity index is 1470. The molecule has 1 aliphatic heterocycles. The molecule has 3 aromatic heterocycles. The number of hydrogen-bond acceptors (Lipinski definition) is 7. The summed E-state index contributed by atoms with van der Waals surface area (Å²) in [5.74, 6) is 1.59. The highest BCUT2D eigenvalue weighted by Crippen LogP contribution is 2.45. The van der Waals surface area contributed by atoms with Crippen molar-refractivity contribution >= 4 is 17.6 Å². The lowest BCUT2D eigenvalue weighted by Gasteiger charge is -2.12. The molecule has 1 N–H and O–H groups in total. The molecule has 0 bridgehead atoms. The van der Waals surface area contributed by atoms with E-state index in [0.29, 0.717) is 52.5 Å². The molecule has 4 aromatic rings. The van der Waals surface area contributed by atoms with Gasteiger partial charge in [0.2, 0.25) is 5.88 Å². The summed E-state index contributed by atoms with van der Waals surface area (Å²) in [5, 5.41) is 14.3. The van der Waals surface area contributed by atoms with Crippen LogP contribution in [0.5, 0.6) is 17.4 Å². The number of aryl methyl sites for hydroxylation is 3. The third kappa shape index (κ3) is 4.18. The van der Waals surface area contributed by atoms with E-state index < -0.39 is 5.97 Å². The van der Waals surface area contributed by atoms with Gasteiger partial charge in [-0.05, 0) is 56.4 Å². The zero-order valence-electron chi connectivity index (χ0n) is 19.5. The molecule has 182 valence electrons. The van der Waals surface area contributed by atoms with Crippen LogP contribution in [0.2, 0.25) is 5.02 Å². The Morgan fingerprint density at radius 1 is 1.17 bits per heavy atom. The summed E-state index contributed by atoms with van der Waals surface area (Å²) in [4.78, 5) is 20.3. The third-order valence-corrected chi connectivity index (χ3v) is 6.81. The molecular weight excluding hydrogens is 482 g/mol. The fourth-order valence-corrected chi connectivity index (χ4v) is 4.76. The Kier molecular flexibility index (Phi) is 5.60. The zero-order valence-corrected chi connectivity index (χ0v) is 20.2. The van der Waals surface area contributed by atoms with Crippen molar-refractivity contribution in [1.82, 2.24) is 15.1 Å². The van der Waals surface area contributed by atoms with Crippen molar-refractivity contribution in [3.05, 3.63) is 81.5 Å². The van der Waals surface area contributed by atoms with Crippen LogP contribution in [0, 0.1) is 6.92 Å². The van der Waals surface area contributed by atoms with Crippen LogP contribution in [0.3, 0.4) is 0 Å². The fraction of sp³-hybridized carbons (Fsp3) is 0.259. The van der Waals surface area contributed by atoms with E-state index in [9.17, 15) is 9.90 Å². The average molecular weight is 504 g/mol. The normalized spacial score (nSPS) is 14.4. The van der Waals surface area contributed by atoms with Gasteiger partial charge in [-0.15, -0.1) is 0 Å². The second-order valence-corrected chi connectivity index (χ2v) is 9.45. The van der Waals surface area contributed by atoms with Crippen LogP contribution in [0.4, 0.5) is 0 Å². The van der Waals surface area contributed by atoms with Crippen LogP contribution in [0.25, 0.3) is 11.3 Å². The first-order valence-electron chi connectivity index (χ1n) is 11.7. The molecule has 0 amide bonds. The molecule has 1 fully saturated rings. The summed E-state index contributed by atoms with van der Waals surface area (Å²) < 4.78 is 17.9. The van der Waals surface area contributed by atoms with Crippen LogP contribution in [-0.4, -0.2) is 26.2 Å². The summed E-state index contributed by atoms with van der Waals surface area (Å²) in [6.07, 6.45) is 4.64.